The first-order chi connectivity index (χ1) is 12.4. The van der Waals surface area contributed by atoms with Crippen LogP contribution in [0.15, 0.2) is 36.4 Å². The van der Waals surface area contributed by atoms with Crippen molar-refractivity contribution in [3.63, 3.8) is 0 Å². The fourth-order valence-corrected chi connectivity index (χ4v) is 2.56. The van der Waals surface area contributed by atoms with Crippen molar-refractivity contribution >= 4 is 35.1 Å². The van der Waals surface area contributed by atoms with E-state index in [2.05, 4.69) is 5.32 Å². The highest BCUT2D eigenvalue weighted by Crippen LogP contribution is 2.25. The van der Waals surface area contributed by atoms with Crippen LogP contribution in [-0.4, -0.2) is 32.7 Å². The maximum Gasteiger partial charge on any atom is 0.342 e. The van der Waals surface area contributed by atoms with E-state index in [0.717, 1.165) is 0 Å². The van der Waals surface area contributed by atoms with Gasteiger partial charge in [-0.2, -0.15) is 0 Å². The molecule has 0 saturated carbocycles. The normalized spacial score (nSPS) is 10.2. The summed E-state index contributed by atoms with van der Waals surface area (Å²) in [6.45, 7) is -0.239. The summed E-state index contributed by atoms with van der Waals surface area (Å²) in [5, 5.41) is 3.57. The Morgan fingerprint density at radius 1 is 1.04 bits per heavy atom. The Hall–Kier alpha value is -2.44. The van der Waals surface area contributed by atoms with Crippen molar-refractivity contribution in [2.45, 2.75) is 6.54 Å². The van der Waals surface area contributed by atoms with Crippen molar-refractivity contribution in [2.24, 2.45) is 0 Å². The average Bonchev–Trinajstić information content (AvgIpc) is 2.64. The molecule has 0 atom stereocenters. The molecule has 0 aliphatic rings. The lowest BCUT2D eigenvalue weighted by atomic mass is 10.2. The number of nitrogens with one attached hydrogen (secondary N) is 1. The highest BCUT2D eigenvalue weighted by Gasteiger charge is 2.16. The van der Waals surface area contributed by atoms with Gasteiger partial charge >= 0.3 is 5.97 Å². The molecule has 0 radical (unpaired) electrons. The molecule has 0 aliphatic carbocycles. The number of benzene rings is 2. The van der Waals surface area contributed by atoms with Crippen LogP contribution in [0.4, 0.5) is 0 Å². The summed E-state index contributed by atoms with van der Waals surface area (Å²) in [5.74, 6) is -0.306. The molecule has 0 saturated heterocycles. The highest BCUT2D eigenvalue weighted by molar-refractivity contribution is 6.35. The molecule has 0 aromatic heterocycles. The van der Waals surface area contributed by atoms with Crippen LogP contribution >= 0.6 is 23.2 Å². The summed E-state index contributed by atoms with van der Waals surface area (Å²) < 4.78 is 15.2. The van der Waals surface area contributed by atoms with E-state index in [1.165, 1.54) is 20.3 Å². The second-order valence-electron chi connectivity index (χ2n) is 5.15. The van der Waals surface area contributed by atoms with Gasteiger partial charge in [0.05, 0.1) is 14.2 Å². The summed E-state index contributed by atoms with van der Waals surface area (Å²) in [7, 11) is 2.93. The minimum Gasteiger partial charge on any atom is -0.497 e. The third kappa shape index (κ3) is 5.28. The Bertz CT molecular complexity index is 810. The molecule has 0 spiro atoms. The van der Waals surface area contributed by atoms with Crippen LogP contribution in [0.2, 0.25) is 10.0 Å². The molecule has 2 rings (SSSR count). The van der Waals surface area contributed by atoms with Gasteiger partial charge in [0.1, 0.15) is 17.1 Å². The number of esters is 1. The van der Waals surface area contributed by atoms with E-state index in [1.807, 2.05) is 0 Å². The first-order valence-corrected chi connectivity index (χ1v) is 8.30. The summed E-state index contributed by atoms with van der Waals surface area (Å²) in [5.41, 5.74) is 0.898. The van der Waals surface area contributed by atoms with Crippen LogP contribution in [0.1, 0.15) is 15.9 Å². The van der Waals surface area contributed by atoms with Gasteiger partial charge in [0.25, 0.3) is 5.91 Å². The molecule has 2 aromatic carbocycles. The quantitative estimate of drug-likeness (QED) is 0.723. The van der Waals surface area contributed by atoms with E-state index >= 15 is 0 Å². The molecule has 6 nitrogen and oxygen atoms in total. The molecule has 0 bridgehead atoms. The van der Waals surface area contributed by atoms with Gasteiger partial charge in [-0.1, -0.05) is 29.3 Å². The van der Waals surface area contributed by atoms with Crippen LogP contribution in [0.5, 0.6) is 11.5 Å². The maximum atomic E-state index is 12.1. The SMILES string of the molecule is COc1ccc(C(=O)OCC(=O)NCc2ccc(Cl)cc2Cl)c(OC)c1. The van der Waals surface area contributed by atoms with Crippen LogP contribution in [0.3, 0.4) is 0 Å². The number of hydrogen-bond acceptors (Lipinski definition) is 5. The van der Waals surface area contributed by atoms with Gasteiger partial charge in [-0.05, 0) is 29.8 Å². The first kappa shape index (κ1) is 19.9. The lowest BCUT2D eigenvalue weighted by Gasteiger charge is -2.11. The topological polar surface area (TPSA) is 73.9 Å². The molecule has 0 aliphatic heterocycles. The van der Waals surface area contributed by atoms with E-state index in [9.17, 15) is 9.59 Å². The molecule has 26 heavy (non-hydrogen) atoms. The number of rotatable bonds is 7. The summed E-state index contributed by atoms with van der Waals surface area (Å²) in [6.07, 6.45) is 0. The molecular formula is C18H17Cl2NO5. The Kier molecular flexibility index (Phi) is 7.12. The van der Waals surface area contributed by atoms with E-state index in [4.69, 9.17) is 37.4 Å². The van der Waals surface area contributed by atoms with Crippen molar-refractivity contribution in [3.8, 4) is 11.5 Å². The van der Waals surface area contributed by atoms with Crippen molar-refractivity contribution in [1.29, 1.82) is 0 Å². The summed E-state index contributed by atoms with van der Waals surface area (Å²) in [4.78, 5) is 24.0. The van der Waals surface area contributed by atoms with E-state index in [0.29, 0.717) is 27.1 Å². The zero-order valence-corrected chi connectivity index (χ0v) is 15.7. The molecule has 0 fully saturated rings. The van der Waals surface area contributed by atoms with Crippen molar-refractivity contribution in [2.75, 3.05) is 20.8 Å². The second kappa shape index (κ2) is 9.31. The minimum absolute atomic E-state index is 0.193. The van der Waals surface area contributed by atoms with Gasteiger partial charge in [0.2, 0.25) is 0 Å². The number of methoxy groups -OCH3 is 2. The zero-order valence-electron chi connectivity index (χ0n) is 14.2. The molecule has 0 heterocycles. The smallest absolute Gasteiger partial charge is 0.342 e. The van der Waals surface area contributed by atoms with Crippen LogP contribution < -0.4 is 14.8 Å². The summed E-state index contributed by atoms with van der Waals surface area (Å²) >= 11 is 11.9. The average molecular weight is 398 g/mol. The van der Waals surface area contributed by atoms with Crippen molar-refractivity contribution < 1.29 is 23.8 Å². The Morgan fingerprint density at radius 3 is 2.46 bits per heavy atom. The fourth-order valence-electron chi connectivity index (χ4n) is 2.09. The number of carbonyl (C=O) groups excluding carboxylic acids is 2. The predicted octanol–water partition coefficient (Wildman–Crippen LogP) is 3.48. The van der Waals surface area contributed by atoms with E-state index < -0.39 is 18.5 Å². The number of carbonyl (C=O) groups is 2. The van der Waals surface area contributed by atoms with Gasteiger partial charge in [0.15, 0.2) is 6.61 Å². The molecule has 0 unspecified atom stereocenters. The monoisotopic (exact) mass is 397 g/mol. The fraction of sp³-hybridized carbons (Fsp3) is 0.222. The van der Waals surface area contributed by atoms with Crippen LogP contribution in [-0.2, 0) is 16.1 Å². The molecule has 1 N–H and O–H groups in total. The lowest BCUT2D eigenvalue weighted by molar-refractivity contribution is -0.124. The number of amides is 1. The van der Waals surface area contributed by atoms with Crippen molar-refractivity contribution in [1.82, 2.24) is 5.32 Å². The lowest BCUT2D eigenvalue weighted by Crippen LogP contribution is -2.28. The molecule has 138 valence electrons. The van der Waals surface area contributed by atoms with Gasteiger partial charge < -0.3 is 19.5 Å². The maximum absolute atomic E-state index is 12.1. The minimum atomic E-state index is -0.677. The Labute approximate surface area is 160 Å². The van der Waals surface area contributed by atoms with Crippen molar-refractivity contribution in [3.05, 3.63) is 57.6 Å². The second-order valence-corrected chi connectivity index (χ2v) is 6.00. The van der Waals surface area contributed by atoms with Gasteiger partial charge in [0, 0.05) is 22.7 Å². The predicted molar refractivity (Wildman–Crippen MR) is 98.1 cm³/mol. The number of ether oxygens (including phenoxy) is 3. The third-order valence-corrected chi connectivity index (χ3v) is 4.04. The zero-order chi connectivity index (χ0) is 19.1. The molecular weight excluding hydrogens is 381 g/mol. The number of halogens is 2. The van der Waals surface area contributed by atoms with Gasteiger partial charge in [-0.15, -0.1) is 0 Å². The van der Waals surface area contributed by atoms with Crippen LogP contribution in [0, 0.1) is 0 Å². The van der Waals surface area contributed by atoms with Gasteiger partial charge in [-0.3, -0.25) is 4.79 Å². The van der Waals surface area contributed by atoms with Gasteiger partial charge in [-0.25, -0.2) is 4.79 Å². The standard InChI is InChI=1S/C18H17Cl2NO5/c1-24-13-5-6-14(16(8-13)25-2)18(23)26-10-17(22)21-9-11-3-4-12(19)7-15(11)20/h3-8H,9-10H2,1-2H3,(H,21,22). The highest BCUT2D eigenvalue weighted by atomic mass is 35.5. The largest absolute Gasteiger partial charge is 0.497 e. The number of hydrogen-bond donors (Lipinski definition) is 1. The molecule has 2 aromatic rings. The third-order valence-electron chi connectivity index (χ3n) is 3.45. The van der Waals surface area contributed by atoms with E-state index in [-0.39, 0.29) is 12.1 Å². The summed E-state index contributed by atoms with van der Waals surface area (Å²) in [6, 6.07) is 9.62. The first-order valence-electron chi connectivity index (χ1n) is 7.54. The molecule has 8 heteroatoms. The Balaban J connectivity index is 1.89. The molecule has 1 amide bonds. The van der Waals surface area contributed by atoms with E-state index in [1.54, 1.807) is 30.3 Å². The Morgan fingerprint density at radius 2 is 1.81 bits per heavy atom. The van der Waals surface area contributed by atoms with Crippen LogP contribution in [0.25, 0.3) is 0 Å².